The molecule has 1 aliphatic heterocycles. The van der Waals surface area contributed by atoms with E-state index >= 15 is 0 Å². The van der Waals surface area contributed by atoms with Crippen LogP contribution in [0.3, 0.4) is 0 Å². The molecule has 2 nitrogen and oxygen atoms in total. The fourth-order valence-electron chi connectivity index (χ4n) is 2.08. The molecule has 0 spiro atoms. The molecular formula is C14H11ClNO. The summed E-state index contributed by atoms with van der Waals surface area (Å²) < 4.78 is 5.79. The van der Waals surface area contributed by atoms with E-state index in [0.717, 1.165) is 27.4 Å². The van der Waals surface area contributed by atoms with Gasteiger partial charge in [-0.2, -0.15) is 0 Å². The molecule has 0 aliphatic carbocycles. The lowest BCUT2D eigenvalue weighted by Gasteiger charge is -2.11. The molecular weight excluding hydrogens is 234 g/mol. The fourth-order valence-corrected chi connectivity index (χ4v) is 2.21. The summed E-state index contributed by atoms with van der Waals surface area (Å²) in [5.74, 6) is 0. The Hall–Kier alpha value is -1.38. The van der Waals surface area contributed by atoms with Gasteiger partial charge in [0.1, 0.15) is 6.10 Å². The van der Waals surface area contributed by atoms with Crippen LogP contribution in [0.5, 0.6) is 0 Å². The molecule has 2 aromatic rings. The van der Waals surface area contributed by atoms with Crippen molar-refractivity contribution in [3.8, 4) is 0 Å². The van der Waals surface area contributed by atoms with Gasteiger partial charge >= 0.3 is 0 Å². The highest BCUT2D eigenvalue weighted by molar-refractivity contribution is 6.30. The molecule has 1 aromatic heterocycles. The smallest absolute Gasteiger partial charge is 0.110 e. The Kier molecular flexibility index (Phi) is 2.61. The van der Waals surface area contributed by atoms with Crippen LogP contribution < -0.4 is 0 Å². The van der Waals surface area contributed by atoms with Crippen LogP contribution in [0.25, 0.3) is 0 Å². The Morgan fingerprint density at radius 2 is 2.12 bits per heavy atom. The van der Waals surface area contributed by atoms with Crippen LogP contribution in [0.1, 0.15) is 28.5 Å². The van der Waals surface area contributed by atoms with Crippen LogP contribution >= 0.6 is 11.6 Å². The summed E-state index contributed by atoms with van der Waals surface area (Å²) in [5, 5.41) is 0.737. The molecule has 3 heteroatoms. The van der Waals surface area contributed by atoms with E-state index in [2.05, 4.69) is 11.1 Å². The zero-order valence-corrected chi connectivity index (χ0v) is 10.2. The summed E-state index contributed by atoms with van der Waals surface area (Å²) >= 11 is 5.88. The Balaban J connectivity index is 2.01. The number of ether oxygens (including phenoxy) is 1. The van der Waals surface area contributed by atoms with Gasteiger partial charge in [-0.1, -0.05) is 23.7 Å². The molecule has 85 valence electrons. The first-order chi connectivity index (χ1) is 8.24. The quantitative estimate of drug-likeness (QED) is 0.766. The van der Waals surface area contributed by atoms with Crippen molar-refractivity contribution in [2.45, 2.75) is 19.6 Å². The van der Waals surface area contributed by atoms with Gasteiger partial charge < -0.3 is 4.74 Å². The molecule has 0 bridgehead atoms. The van der Waals surface area contributed by atoms with Gasteiger partial charge in [-0.05, 0) is 30.2 Å². The minimum absolute atomic E-state index is 0.0355. The third-order valence-corrected chi connectivity index (χ3v) is 3.18. The van der Waals surface area contributed by atoms with E-state index in [0.29, 0.717) is 6.61 Å². The molecule has 1 aromatic carbocycles. The van der Waals surface area contributed by atoms with Crippen molar-refractivity contribution in [3.63, 3.8) is 0 Å². The maximum atomic E-state index is 5.88. The number of fused-ring (bicyclic) bond motifs is 1. The first-order valence-electron chi connectivity index (χ1n) is 5.49. The SMILES string of the molecule is Cc1[c]c2c(cn1)[C@@H](c1ccc(Cl)cc1)OC2. The number of hydrogen-bond acceptors (Lipinski definition) is 2. The van der Waals surface area contributed by atoms with Crippen LogP contribution in [0.15, 0.2) is 30.5 Å². The lowest BCUT2D eigenvalue weighted by atomic mass is 10.0. The molecule has 1 aliphatic rings. The number of nitrogens with zero attached hydrogens (tertiary/aromatic N) is 1. The van der Waals surface area contributed by atoms with Crippen LogP contribution in [0.4, 0.5) is 0 Å². The number of pyridine rings is 1. The lowest BCUT2D eigenvalue weighted by Crippen LogP contribution is -1.98. The highest BCUT2D eigenvalue weighted by atomic mass is 35.5. The summed E-state index contributed by atoms with van der Waals surface area (Å²) in [7, 11) is 0. The molecule has 3 rings (SSSR count). The summed E-state index contributed by atoms with van der Waals surface area (Å²) in [6.45, 7) is 2.54. The third-order valence-electron chi connectivity index (χ3n) is 2.93. The molecule has 0 amide bonds. The monoisotopic (exact) mass is 244 g/mol. The highest BCUT2D eigenvalue weighted by Gasteiger charge is 2.25. The molecule has 0 unspecified atom stereocenters. The second kappa shape index (κ2) is 4.13. The van der Waals surface area contributed by atoms with Crippen LogP contribution in [0, 0.1) is 13.0 Å². The van der Waals surface area contributed by atoms with Crippen molar-refractivity contribution in [1.82, 2.24) is 4.98 Å². The zero-order chi connectivity index (χ0) is 11.8. The van der Waals surface area contributed by atoms with Gasteiger partial charge in [0.15, 0.2) is 0 Å². The maximum absolute atomic E-state index is 5.88. The van der Waals surface area contributed by atoms with Gasteiger partial charge in [0.2, 0.25) is 0 Å². The van der Waals surface area contributed by atoms with E-state index in [9.17, 15) is 0 Å². The average Bonchev–Trinajstić information content (AvgIpc) is 2.73. The molecule has 2 heterocycles. The van der Waals surface area contributed by atoms with Gasteiger partial charge in [-0.3, -0.25) is 4.98 Å². The minimum atomic E-state index is -0.0355. The first-order valence-corrected chi connectivity index (χ1v) is 5.86. The normalized spacial score (nSPS) is 18.1. The van der Waals surface area contributed by atoms with Crippen molar-refractivity contribution in [3.05, 3.63) is 63.9 Å². The Morgan fingerprint density at radius 3 is 2.88 bits per heavy atom. The highest BCUT2D eigenvalue weighted by Crippen LogP contribution is 2.35. The molecule has 1 atom stereocenters. The van der Waals surface area contributed by atoms with Gasteiger partial charge in [-0.25, -0.2) is 0 Å². The van der Waals surface area contributed by atoms with E-state index in [1.165, 1.54) is 0 Å². The standard InChI is InChI=1S/C14H11ClNO/c1-9-6-11-8-17-14(13(11)7-16-9)10-2-4-12(15)5-3-10/h2-5,7,14H,8H2,1H3/t14-/m1/s1. The Bertz CT molecular complexity index is 551. The first kappa shape index (κ1) is 10.8. The van der Waals surface area contributed by atoms with Gasteiger partial charge in [0.05, 0.1) is 6.61 Å². The number of aromatic nitrogens is 1. The van der Waals surface area contributed by atoms with Crippen LogP contribution in [0.2, 0.25) is 5.02 Å². The van der Waals surface area contributed by atoms with E-state index in [1.807, 2.05) is 37.4 Å². The summed E-state index contributed by atoms with van der Waals surface area (Å²) in [6.07, 6.45) is 1.85. The van der Waals surface area contributed by atoms with E-state index in [1.54, 1.807) is 0 Å². The van der Waals surface area contributed by atoms with Crippen LogP contribution in [-0.4, -0.2) is 4.98 Å². The minimum Gasteiger partial charge on any atom is -0.364 e. The van der Waals surface area contributed by atoms with E-state index < -0.39 is 0 Å². The maximum Gasteiger partial charge on any atom is 0.110 e. The van der Waals surface area contributed by atoms with Crippen molar-refractivity contribution < 1.29 is 4.74 Å². The topological polar surface area (TPSA) is 22.1 Å². The Morgan fingerprint density at radius 1 is 1.35 bits per heavy atom. The second-order valence-electron chi connectivity index (χ2n) is 4.15. The molecule has 17 heavy (non-hydrogen) atoms. The van der Waals surface area contributed by atoms with E-state index in [-0.39, 0.29) is 6.10 Å². The molecule has 0 saturated carbocycles. The van der Waals surface area contributed by atoms with Crippen molar-refractivity contribution >= 4 is 11.6 Å². The zero-order valence-electron chi connectivity index (χ0n) is 9.40. The second-order valence-corrected chi connectivity index (χ2v) is 4.58. The largest absolute Gasteiger partial charge is 0.364 e. The van der Waals surface area contributed by atoms with Gasteiger partial charge in [0.25, 0.3) is 0 Å². The molecule has 0 saturated heterocycles. The van der Waals surface area contributed by atoms with Crippen molar-refractivity contribution in [2.24, 2.45) is 0 Å². The number of aryl methyl sites for hydroxylation is 1. The van der Waals surface area contributed by atoms with E-state index in [4.69, 9.17) is 16.3 Å². The number of benzene rings is 1. The summed E-state index contributed by atoms with van der Waals surface area (Å²) in [5.41, 5.74) is 4.23. The number of hydrogen-bond donors (Lipinski definition) is 0. The van der Waals surface area contributed by atoms with Crippen molar-refractivity contribution in [2.75, 3.05) is 0 Å². The molecule has 0 N–H and O–H groups in total. The fraction of sp³-hybridized carbons (Fsp3) is 0.214. The average molecular weight is 245 g/mol. The number of rotatable bonds is 1. The predicted octanol–water partition coefficient (Wildman–Crippen LogP) is 3.46. The lowest BCUT2D eigenvalue weighted by molar-refractivity contribution is 0.0938. The van der Waals surface area contributed by atoms with Crippen LogP contribution in [-0.2, 0) is 11.3 Å². The van der Waals surface area contributed by atoms with Crippen molar-refractivity contribution in [1.29, 1.82) is 0 Å². The van der Waals surface area contributed by atoms with Gasteiger partial charge in [-0.15, -0.1) is 0 Å². The molecule has 1 radical (unpaired) electrons. The third kappa shape index (κ3) is 1.94. The number of halogens is 1. The molecule has 0 fully saturated rings. The predicted molar refractivity (Wildman–Crippen MR) is 65.9 cm³/mol. The Labute approximate surface area is 105 Å². The van der Waals surface area contributed by atoms with Gasteiger partial charge in [0, 0.05) is 28.5 Å². The summed E-state index contributed by atoms with van der Waals surface area (Å²) in [6, 6.07) is 11.0. The summed E-state index contributed by atoms with van der Waals surface area (Å²) in [4.78, 5) is 4.28.